The van der Waals surface area contributed by atoms with Gasteiger partial charge in [-0.1, -0.05) is 17.7 Å². The molecule has 1 saturated carbocycles. The van der Waals surface area contributed by atoms with Crippen molar-refractivity contribution in [3.8, 4) is 11.3 Å². The van der Waals surface area contributed by atoms with Crippen LogP contribution in [-0.2, 0) is 16.6 Å². The van der Waals surface area contributed by atoms with Crippen LogP contribution in [0.2, 0.25) is 5.02 Å². The molecule has 2 aromatic rings. The molecule has 142 valence electrons. The molecule has 0 saturated heterocycles. The number of nitrogens with one attached hydrogen (secondary N) is 1. The molecule has 0 spiro atoms. The van der Waals surface area contributed by atoms with E-state index in [0.29, 0.717) is 42.2 Å². The first-order chi connectivity index (χ1) is 12.8. The summed E-state index contributed by atoms with van der Waals surface area (Å²) in [5.74, 6) is 0.390. The van der Waals surface area contributed by atoms with E-state index < -0.39 is 22.2 Å². The highest BCUT2D eigenvalue weighted by Crippen LogP contribution is 2.31. The van der Waals surface area contributed by atoms with Gasteiger partial charge in [0, 0.05) is 17.2 Å². The number of hydrogen-bond acceptors (Lipinski definition) is 6. The van der Waals surface area contributed by atoms with Crippen LogP contribution in [0.5, 0.6) is 0 Å². The smallest absolute Gasteiger partial charge is 0.240 e. The van der Waals surface area contributed by atoms with E-state index in [0.717, 1.165) is 12.0 Å². The van der Waals surface area contributed by atoms with Crippen molar-refractivity contribution < 1.29 is 13.5 Å². The minimum atomic E-state index is -3.77. The van der Waals surface area contributed by atoms with Crippen molar-refractivity contribution in [1.82, 2.24) is 9.71 Å². The Balaban J connectivity index is 1.63. The van der Waals surface area contributed by atoms with E-state index in [9.17, 15) is 13.5 Å². The Bertz CT molecular complexity index is 1040. The standard InChI is InChI=1S/C18H19ClN4O3S/c19-13-8-11(27(25,26)23-15-2-1-3-16(15)24)5-6-12(13)14-7-4-10-9-21-18(20)17(10)22-14/h4-8,15-16,23-24H,1-3,9H2,(H2,20,21)/t15?,16-/m1/s1. The maximum absolute atomic E-state index is 12.6. The zero-order valence-corrected chi connectivity index (χ0v) is 16.0. The zero-order valence-electron chi connectivity index (χ0n) is 14.4. The normalized spacial score (nSPS) is 21.9. The van der Waals surface area contributed by atoms with Crippen molar-refractivity contribution in [2.75, 3.05) is 0 Å². The van der Waals surface area contributed by atoms with Gasteiger partial charge in [0.15, 0.2) is 0 Å². The molecule has 4 rings (SSSR count). The monoisotopic (exact) mass is 406 g/mol. The number of rotatable bonds is 4. The number of aliphatic hydroxyl groups is 1. The Kier molecular flexibility index (Phi) is 4.67. The van der Waals surface area contributed by atoms with Crippen molar-refractivity contribution in [3.63, 3.8) is 0 Å². The Hall–Kier alpha value is -2.00. The van der Waals surface area contributed by atoms with Gasteiger partial charge in [-0.2, -0.15) is 0 Å². The van der Waals surface area contributed by atoms with E-state index in [1.807, 2.05) is 12.1 Å². The number of nitrogens with two attached hydrogens (primary N) is 1. The number of hydrogen-bond donors (Lipinski definition) is 3. The van der Waals surface area contributed by atoms with Gasteiger partial charge in [-0.25, -0.2) is 18.1 Å². The highest BCUT2D eigenvalue weighted by atomic mass is 35.5. The number of pyridine rings is 1. The van der Waals surface area contributed by atoms with E-state index >= 15 is 0 Å². The van der Waals surface area contributed by atoms with Crippen molar-refractivity contribution in [1.29, 1.82) is 0 Å². The van der Waals surface area contributed by atoms with Gasteiger partial charge in [-0.05, 0) is 43.5 Å². The lowest BCUT2D eigenvalue weighted by Gasteiger charge is -2.17. The summed E-state index contributed by atoms with van der Waals surface area (Å²) < 4.78 is 27.8. The van der Waals surface area contributed by atoms with Crippen LogP contribution in [0.3, 0.4) is 0 Å². The molecule has 2 heterocycles. The predicted octanol–water partition coefficient (Wildman–Crippen LogP) is 1.81. The van der Waals surface area contributed by atoms with E-state index in [2.05, 4.69) is 14.7 Å². The molecule has 1 aliphatic carbocycles. The molecular formula is C18H19ClN4O3S. The number of halogens is 1. The summed E-state index contributed by atoms with van der Waals surface area (Å²) in [4.78, 5) is 8.72. The number of aromatic nitrogens is 1. The highest BCUT2D eigenvalue weighted by molar-refractivity contribution is 7.89. The molecule has 0 amide bonds. The van der Waals surface area contributed by atoms with Crippen molar-refractivity contribution in [3.05, 3.63) is 46.6 Å². The van der Waals surface area contributed by atoms with E-state index in [-0.39, 0.29) is 9.92 Å². The average Bonchev–Trinajstić information content (AvgIpc) is 3.20. The number of amidine groups is 1. The fourth-order valence-corrected chi connectivity index (χ4v) is 5.12. The van der Waals surface area contributed by atoms with Crippen LogP contribution in [0.1, 0.15) is 30.5 Å². The number of aliphatic hydroxyl groups excluding tert-OH is 1. The van der Waals surface area contributed by atoms with Gasteiger partial charge >= 0.3 is 0 Å². The number of fused-ring (bicyclic) bond motifs is 1. The van der Waals surface area contributed by atoms with E-state index in [4.69, 9.17) is 17.3 Å². The van der Waals surface area contributed by atoms with Gasteiger partial charge < -0.3 is 10.8 Å². The molecule has 4 N–H and O–H groups in total. The summed E-state index contributed by atoms with van der Waals surface area (Å²) in [7, 11) is -3.77. The molecule has 9 heteroatoms. The second-order valence-corrected chi connectivity index (χ2v) is 8.89. The summed E-state index contributed by atoms with van der Waals surface area (Å²) in [5, 5.41) is 10.1. The Morgan fingerprint density at radius 1 is 1.22 bits per heavy atom. The number of benzene rings is 1. The maximum Gasteiger partial charge on any atom is 0.240 e. The maximum atomic E-state index is 12.6. The molecule has 7 nitrogen and oxygen atoms in total. The topological polar surface area (TPSA) is 118 Å². The number of sulfonamides is 1. The SMILES string of the molecule is NC1=NCc2ccc(-c3ccc(S(=O)(=O)NC4CCC[C@H]4O)cc3Cl)nc21. The van der Waals surface area contributed by atoms with Gasteiger partial charge in [-0.3, -0.25) is 4.99 Å². The van der Waals surface area contributed by atoms with Crippen LogP contribution in [0, 0.1) is 0 Å². The van der Waals surface area contributed by atoms with Crippen molar-refractivity contribution in [2.24, 2.45) is 10.7 Å². The van der Waals surface area contributed by atoms with Crippen LogP contribution in [0.4, 0.5) is 0 Å². The second-order valence-electron chi connectivity index (χ2n) is 6.77. The molecular weight excluding hydrogens is 388 g/mol. The van der Waals surface area contributed by atoms with Gasteiger partial charge in [-0.15, -0.1) is 0 Å². The third-order valence-electron chi connectivity index (χ3n) is 4.95. The molecule has 1 aliphatic heterocycles. The number of nitrogens with zero attached hydrogens (tertiary/aromatic N) is 2. The fraction of sp³-hybridized carbons (Fsp3) is 0.333. The van der Waals surface area contributed by atoms with E-state index in [1.54, 1.807) is 6.07 Å². The third-order valence-corrected chi connectivity index (χ3v) is 6.75. The van der Waals surface area contributed by atoms with Crippen LogP contribution >= 0.6 is 11.6 Å². The zero-order chi connectivity index (χ0) is 19.2. The van der Waals surface area contributed by atoms with Gasteiger partial charge in [0.1, 0.15) is 11.5 Å². The van der Waals surface area contributed by atoms with Crippen molar-refractivity contribution >= 4 is 27.5 Å². The second kappa shape index (κ2) is 6.87. The lowest BCUT2D eigenvalue weighted by molar-refractivity contribution is 0.159. The minimum Gasteiger partial charge on any atom is -0.391 e. The summed E-state index contributed by atoms with van der Waals surface area (Å²) in [5.41, 5.74) is 8.64. The molecule has 1 aromatic carbocycles. The third kappa shape index (κ3) is 3.45. The van der Waals surface area contributed by atoms with Gasteiger partial charge in [0.2, 0.25) is 10.0 Å². The molecule has 0 radical (unpaired) electrons. The largest absolute Gasteiger partial charge is 0.391 e. The van der Waals surface area contributed by atoms with Gasteiger partial charge in [0.05, 0.1) is 28.3 Å². The first-order valence-electron chi connectivity index (χ1n) is 8.66. The van der Waals surface area contributed by atoms with Crippen molar-refractivity contribution in [2.45, 2.75) is 42.8 Å². The lowest BCUT2D eigenvalue weighted by atomic mass is 10.1. The molecule has 27 heavy (non-hydrogen) atoms. The van der Waals surface area contributed by atoms with E-state index in [1.165, 1.54) is 12.1 Å². The van der Waals surface area contributed by atoms with Crippen LogP contribution in [0.15, 0.2) is 40.2 Å². The van der Waals surface area contributed by atoms with Crippen LogP contribution in [-0.4, -0.2) is 36.5 Å². The van der Waals surface area contributed by atoms with Crippen LogP contribution in [0.25, 0.3) is 11.3 Å². The Labute approximate surface area is 162 Å². The first-order valence-corrected chi connectivity index (χ1v) is 10.5. The summed E-state index contributed by atoms with van der Waals surface area (Å²) in [6.45, 7) is 0.512. The molecule has 1 aromatic heterocycles. The molecule has 1 fully saturated rings. The molecule has 1 unspecified atom stereocenters. The Morgan fingerprint density at radius 2 is 2.04 bits per heavy atom. The Morgan fingerprint density at radius 3 is 2.74 bits per heavy atom. The molecule has 2 atom stereocenters. The summed E-state index contributed by atoms with van der Waals surface area (Å²) in [6, 6.07) is 7.75. The quantitative estimate of drug-likeness (QED) is 0.715. The predicted molar refractivity (Wildman–Crippen MR) is 103 cm³/mol. The minimum absolute atomic E-state index is 0.0533. The lowest BCUT2D eigenvalue weighted by Crippen LogP contribution is -2.39. The molecule has 0 bridgehead atoms. The fourth-order valence-electron chi connectivity index (χ4n) is 3.45. The summed E-state index contributed by atoms with van der Waals surface area (Å²) >= 11 is 6.36. The average molecular weight is 407 g/mol. The highest BCUT2D eigenvalue weighted by Gasteiger charge is 2.30. The number of aliphatic imine (C=N–C) groups is 1. The van der Waals surface area contributed by atoms with Gasteiger partial charge in [0.25, 0.3) is 0 Å². The van der Waals surface area contributed by atoms with Crippen LogP contribution < -0.4 is 10.5 Å². The molecule has 2 aliphatic rings. The summed E-state index contributed by atoms with van der Waals surface area (Å²) in [6.07, 6.45) is 1.36. The first kappa shape index (κ1) is 18.4.